The monoisotopic (exact) mass is 253 g/mol. The first-order valence-electron chi connectivity index (χ1n) is 6.00. The molecule has 1 aromatic carbocycles. The minimum Gasteiger partial charge on any atom is -0.466 e. The van der Waals surface area contributed by atoms with Gasteiger partial charge in [0.2, 0.25) is 0 Å². The molecule has 0 aliphatic carbocycles. The van der Waals surface area contributed by atoms with E-state index in [1.54, 1.807) is 25.1 Å². The molecule has 3 nitrogen and oxygen atoms in total. The highest BCUT2D eigenvalue weighted by atomic mass is 19.1. The van der Waals surface area contributed by atoms with Crippen LogP contribution in [0.1, 0.15) is 25.8 Å². The number of halogens is 1. The average molecular weight is 253 g/mol. The molecule has 0 heterocycles. The van der Waals surface area contributed by atoms with E-state index in [1.807, 2.05) is 25.9 Å². The van der Waals surface area contributed by atoms with Gasteiger partial charge in [0.1, 0.15) is 5.82 Å². The van der Waals surface area contributed by atoms with E-state index in [0.717, 1.165) is 0 Å². The Kier molecular flexibility index (Phi) is 4.84. The van der Waals surface area contributed by atoms with Gasteiger partial charge in [-0.2, -0.15) is 0 Å². The van der Waals surface area contributed by atoms with E-state index >= 15 is 0 Å². The Morgan fingerprint density at radius 2 is 2.00 bits per heavy atom. The van der Waals surface area contributed by atoms with Gasteiger partial charge in [0.25, 0.3) is 0 Å². The number of esters is 1. The lowest BCUT2D eigenvalue weighted by Crippen LogP contribution is -2.41. The molecule has 0 aliphatic heterocycles. The number of benzene rings is 1. The fourth-order valence-electron chi connectivity index (χ4n) is 1.89. The quantitative estimate of drug-likeness (QED) is 0.755. The minimum atomic E-state index is -0.711. The van der Waals surface area contributed by atoms with Crippen molar-refractivity contribution in [2.45, 2.75) is 25.8 Å². The molecule has 0 aromatic heterocycles. The van der Waals surface area contributed by atoms with Crippen LogP contribution < -0.4 is 0 Å². The van der Waals surface area contributed by atoms with Gasteiger partial charge in [-0.1, -0.05) is 18.2 Å². The molecule has 1 aromatic rings. The highest BCUT2D eigenvalue weighted by Crippen LogP contribution is 2.32. The Labute approximate surface area is 108 Å². The van der Waals surface area contributed by atoms with E-state index in [-0.39, 0.29) is 18.2 Å². The molecule has 0 radical (unpaired) electrons. The summed E-state index contributed by atoms with van der Waals surface area (Å²) in [5.74, 6) is -0.630. The summed E-state index contributed by atoms with van der Waals surface area (Å²) >= 11 is 0. The van der Waals surface area contributed by atoms with E-state index in [4.69, 9.17) is 4.74 Å². The van der Waals surface area contributed by atoms with Gasteiger partial charge in [0.15, 0.2) is 0 Å². The van der Waals surface area contributed by atoms with E-state index in [0.29, 0.717) is 12.2 Å². The summed E-state index contributed by atoms with van der Waals surface area (Å²) in [6.45, 7) is 3.93. The smallest absolute Gasteiger partial charge is 0.308 e. The molecule has 0 saturated heterocycles. The normalized spacial score (nSPS) is 14.3. The highest BCUT2D eigenvalue weighted by molar-refractivity contribution is 5.71. The second-order valence-electron chi connectivity index (χ2n) is 4.63. The van der Waals surface area contributed by atoms with Crippen molar-refractivity contribution in [2.24, 2.45) is 0 Å². The second kappa shape index (κ2) is 5.96. The zero-order valence-electron chi connectivity index (χ0n) is 11.4. The minimum absolute atomic E-state index is 0.120. The first-order valence-corrected chi connectivity index (χ1v) is 6.00. The largest absolute Gasteiger partial charge is 0.466 e. The van der Waals surface area contributed by atoms with Crippen LogP contribution in [-0.2, 0) is 15.1 Å². The summed E-state index contributed by atoms with van der Waals surface area (Å²) in [6, 6.07) is 6.52. The van der Waals surface area contributed by atoms with Gasteiger partial charge in [-0.15, -0.1) is 0 Å². The number of hydrogen-bond acceptors (Lipinski definition) is 3. The average Bonchev–Trinajstić information content (AvgIpc) is 2.29. The van der Waals surface area contributed by atoms with Crippen LogP contribution in [0, 0.1) is 5.82 Å². The summed E-state index contributed by atoms with van der Waals surface area (Å²) in [6.07, 6.45) is 0.120. The van der Waals surface area contributed by atoms with Crippen LogP contribution in [0.15, 0.2) is 24.3 Å². The summed E-state index contributed by atoms with van der Waals surface area (Å²) in [5.41, 5.74) is -0.208. The Hall–Kier alpha value is -1.42. The topological polar surface area (TPSA) is 29.5 Å². The Morgan fingerprint density at radius 3 is 2.50 bits per heavy atom. The van der Waals surface area contributed by atoms with Crippen LogP contribution in [-0.4, -0.2) is 31.6 Å². The van der Waals surface area contributed by atoms with Gasteiger partial charge >= 0.3 is 5.97 Å². The molecule has 4 heteroatoms. The van der Waals surface area contributed by atoms with Crippen LogP contribution in [0.4, 0.5) is 4.39 Å². The van der Waals surface area contributed by atoms with Crippen molar-refractivity contribution in [3.63, 3.8) is 0 Å². The zero-order valence-corrected chi connectivity index (χ0v) is 11.4. The number of carbonyl (C=O) groups is 1. The van der Waals surface area contributed by atoms with Gasteiger partial charge in [0, 0.05) is 5.56 Å². The van der Waals surface area contributed by atoms with Crippen LogP contribution in [0.5, 0.6) is 0 Å². The first kappa shape index (κ1) is 14.6. The molecule has 0 aliphatic rings. The summed E-state index contributed by atoms with van der Waals surface area (Å²) in [4.78, 5) is 13.5. The Balaban J connectivity index is 3.08. The molecule has 18 heavy (non-hydrogen) atoms. The van der Waals surface area contributed by atoms with Crippen molar-refractivity contribution < 1.29 is 13.9 Å². The van der Waals surface area contributed by atoms with Gasteiger partial charge < -0.3 is 4.74 Å². The highest BCUT2D eigenvalue weighted by Gasteiger charge is 2.34. The third kappa shape index (κ3) is 3.07. The Morgan fingerprint density at radius 1 is 1.39 bits per heavy atom. The maximum Gasteiger partial charge on any atom is 0.308 e. The van der Waals surface area contributed by atoms with Crippen molar-refractivity contribution in [3.8, 4) is 0 Å². The maximum atomic E-state index is 13.9. The summed E-state index contributed by atoms with van der Waals surface area (Å²) in [7, 11) is 3.65. The lowest BCUT2D eigenvalue weighted by Gasteiger charge is -2.36. The van der Waals surface area contributed by atoms with Crippen molar-refractivity contribution in [3.05, 3.63) is 35.6 Å². The molecule has 0 spiro atoms. The van der Waals surface area contributed by atoms with E-state index in [1.165, 1.54) is 6.07 Å². The third-order valence-corrected chi connectivity index (χ3v) is 3.24. The van der Waals surface area contributed by atoms with Gasteiger partial charge in [-0.25, -0.2) is 4.39 Å². The number of carbonyl (C=O) groups excluding carboxylic acids is 1. The van der Waals surface area contributed by atoms with Crippen LogP contribution >= 0.6 is 0 Å². The number of nitrogens with zero attached hydrogens (tertiary/aromatic N) is 1. The van der Waals surface area contributed by atoms with Gasteiger partial charge in [-0.3, -0.25) is 9.69 Å². The fraction of sp³-hybridized carbons (Fsp3) is 0.500. The van der Waals surface area contributed by atoms with E-state index < -0.39 is 5.54 Å². The number of ether oxygens (including phenoxy) is 1. The van der Waals surface area contributed by atoms with Crippen molar-refractivity contribution in [1.82, 2.24) is 4.90 Å². The lowest BCUT2D eigenvalue weighted by molar-refractivity contribution is -0.146. The number of hydrogen-bond donors (Lipinski definition) is 0. The zero-order chi connectivity index (χ0) is 13.8. The second-order valence-corrected chi connectivity index (χ2v) is 4.63. The lowest BCUT2D eigenvalue weighted by atomic mass is 9.87. The van der Waals surface area contributed by atoms with Gasteiger partial charge in [0.05, 0.1) is 18.6 Å². The molecule has 100 valence electrons. The standard InChI is InChI=1S/C14H20FNO2/c1-5-18-13(17)10-14(2,16(3)4)11-8-6-7-9-12(11)15/h6-9H,5,10H2,1-4H3. The number of rotatable bonds is 5. The summed E-state index contributed by atoms with van der Waals surface area (Å²) in [5, 5.41) is 0. The molecule has 0 amide bonds. The van der Waals surface area contributed by atoms with Crippen molar-refractivity contribution >= 4 is 5.97 Å². The molecular formula is C14H20FNO2. The molecule has 1 unspecified atom stereocenters. The fourth-order valence-corrected chi connectivity index (χ4v) is 1.89. The van der Waals surface area contributed by atoms with Crippen LogP contribution in [0.3, 0.4) is 0 Å². The van der Waals surface area contributed by atoms with Crippen LogP contribution in [0.2, 0.25) is 0 Å². The molecule has 0 fully saturated rings. The first-order chi connectivity index (χ1) is 8.41. The molecule has 0 saturated carbocycles. The third-order valence-electron chi connectivity index (χ3n) is 3.24. The molecule has 1 atom stereocenters. The molecular weight excluding hydrogens is 233 g/mol. The van der Waals surface area contributed by atoms with E-state index in [2.05, 4.69) is 0 Å². The van der Waals surface area contributed by atoms with Crippen molar-refractivity contribution in [2.75, 3.05) is 20.7 Å². The van der Waals surface area contributed by atoms with E-state index in [9.17, 15) is 9.18 Å². The SMILES string of the molecule is CCOC(=O)CC(C)(c1ccccc1F)N(C)C. The summed E-state index contributed by atoms with van der Waals surface area (Å²) < 4.78 is 18.9. The van der Waals surface area contributed by atoms with Gasteiger partial charge in [-0.05, 0) is 34.0 Å². The predicted octanol–water partition coefficient (Wildman–Crippen LogP) is 2.56. The molecule has 0 bridgehead atoms. The maximum absolute atomic E-state index is 13.9. The predicted molar refractivity (Wildman–Crippen MR) is 68.7 cm³/mol. The molecule has 1 rings (SSSR count). The Bertz CT molecular complexity index is 420. The van der Waals surface area contributed by atoms with Crippen LogP contribution in [0.25, 0.3) is 0 Å². The molecule has 0 N–H and O–H groups in total. The van der Waals surface area contributed by atoms with Crippen molar-refractivity contribution in [1.29, 1.82) is 0 Å².